The zero-order valence-corrected chi connectivity index (χ0v) is 20.3. The van der Waals surface area contributed by atoms with E-state index in [0.717, 1.165) is 52.9 Å². The number of aromatic nitrogens is 2. The van der Waals surface area contributed by atoms with Gasteiger partial charge in [0.15, 0.2) is 17.1 Å². The van der Waals surface area contributed by atoms with Gasteiger partial charge < -0.3 is 8.94 Å². The Balaban J connectivity index is 0.000000176. The molecule has 2 aromatic carbocycles. The molecule has 166 valence electrons. The normalized spacial score (nSPS) is 12.3. The third kappa shape index (κ3) is 5.36. The average molecular weight is 421 g/mol. The summed E-state index contributed by atoms with van der Waals surface area (Å²) in [5.41, 5.74) is 6.73. The smallest absolute Gasteiger partial charge is 0.195 e. The standard InChI is InChI=1S/C14H19NO.C13H17NO/c1-5-6-13-15-11-8-7-10(14(2,3)4)9-12(11)16-13;1-5-11-10-7-6-9(13(2,3)4)8-12(10)15-14-11/h7-9H,5-6H2,1-4H3;6-8H,5H2,1-4H3. The Bertz CT molecular complexity index is 1150. The van der Waals surface area contributed by atoms with E-state index in [-0.39, 0.29) is 10.8 Å². The molecule has 4 rings (SSSR count). The van der Waals surface area contributed by atoms with Gasteiger partial charge in [-0.2, -0.15) is 0 Å². The predicted octanol–water partition coefficient (Wildman–Crippen LogP) is 7.77. The van der Waals surface area contributed by atoms with E-state index in [0.29, 0.717) is 0 Å². The summed E-state index contributed by atoms with van der Waals surface area (Å²) >= 11 is 0. The molecule has 31 heavy (non-hydrogen) atoms. The molecule has 0 radical (unpaired) electrons. The van der Waals surface area contributed by atoms with Gasteiger partial charge in [0.25, 0.3) is 0 Å². The molecule has 0 aliphatic rings. The van der Waals surface area contributed by atoms with Crippen molar-refractivity contribution in [3.63, 3.8) is 0 Å². The minimum atomic E-state index is 0.159. The first-order valence-electron chi connectivity index (χ1n) is 11.3. The van der Waals surface area contributed by atoms with Crippen LogP contribution in [-0.4, -0.2) is 10.1 Å². The van der Waals surface area contributed by atoms with Gasteiger partial charge >= 0.3 is 0 Å². The van der Waals surface area contributed by atoms with Gasteiger partial charge in [0.2, 0.25) is 0 Å². The molecular formula is C27H36N2O2. The SMILES string of the molecule is CCCc1nc2ccc(C(C)(C)C)cc2o1.CCc1noc2cc(C(C)(C)C)ccc12. The van der Waals surface area contributed by atoms with Crippen LogP contribution in [0, 0.1) is 0 Å². The summed E-state index contributed by atoms with van der Waals surface area (Å²) in [6.45, 7) is 17.4. The Hall–Kier alpha value is -2.62. The Kier molecular flexibility index (Phi) is 6.59. The summed E-state index contributed by atoms with van der Waals surface area (Å²) in [5, 5.41) is 5.21. The number of nitrogens with zero attached hydrogens (tertiary/aromatic N) is 2. The Labute approximate surface area is 186 Å². The molecule has 0 aliphatic heterocycles. The van der Waals surface area contributed by atoms with Gasteiger partial charge in [0.1, 0.15) is 5.52 Å². The predicted molar refractivity (Wildman–Crippen MR) is 129 cm³/mol. The van der Waals surface area contributed by atoms with Crippen LogP contribution in [0.4, 0.5) is 0 Å². The highest BCUT2D eigenvalue weighted by Crippen LogP contribution is 2.28. The van der Waals surface area contributed by atoms with Crippen LogP contribution in [-0.2, 0) is 23.7 Å². The average Bonchev–Trinajstić information content (AvgIpc) is 3.29. The van der Waals surface area contributed by atoms with E-state index >= 15 is 0 Å². The van der Waals surface area contributed by atoms with Crippen LogP contribution in [0.2, 0.25) is 0 Å². The van der Waals surface area contributed by atoms with Crippen molar-refractivity contribution in [1.82, 2.24) is 10.1 Å². The Morgan fingerprint density at radius 1 is 0.806 bits per heavy atom. The second kappa shape index (κ2) is 8.86. The zero-order valence-electron chi connectivity index (χ0n) is 20.3. The maximum Gasteiger partial charge on any atom is 0.195 e. The number of hydrogen-bond donors (Lipinski definition) is 0. The topological polar surface area (TPSA) is 52.1 Å². The van der Waals surface area contributed by atoms with Crippen LogP contribution < -0.4 is 0 Å². The van der Waals surface area contributed by atoms with Crippen LogP contribution in [0.15, 0.2) is 45.3 Å². The lowest BCUT2D eigenvalue weighted by Gasteiger charge is -2.18. The lowest BCUT2D eigenvalue weighted by atomic mass is 9.86. The van der Waals surface area contributed by atoms with Crippen LogP contribution in [0.5, 0.6) is 0 Å². The van der Waals surface area contributed by atoms with Crippen molar-refractivity contribution in [2.75, 3.05) is 0 Å². The van der Waals surface area contributed by atoms with Crippen LogP contribution in [0.1, 0.15) is 84.5 Å². The molecule has 4 aromatic rings. The molecule has 0 amide bonds. The Morgan fingerprint density at radius 3 is 2.00 bits per heavy atom. The maximum atomic E-state index is 5.73. The molecule has 2 heterocycles. The molecular weight excluding hydrogens is 384 g/mol. The summed E-state index contributed by atoms with van der Waals surface area (Å²) in [4.78, 5) is 4.46. The highest BCUT2D eigenvalue weighted by molar-refractivity contribution is 5.80. The maximum absolute atomic E-state index is 5.73. The molecule has 4 heteroatoms. The van der Waals surface area contributed by atoms with Crippen molar-refractivity contribution in [1.29, 1.82) is 0 Å². The van der Waals surface area contributed by atoms with Crippen molar-refractivity contribution < 1.29 is 8.94 Å². The van der Waals surface area contributed by atoms with E-state index in [1.165, 1.54) is 11.1 Å². The summed E-state index contributed by atoms with van der Waals surface area (Å²) < 4.78 is 11.1. The van der Waals surface area contributed by atoms with Gasteiger partial charge in [-0.25, -0.2) is 4.98 Å². The van der Waals surface area contributed by atoms with Gasteiger partial charge in [0, 0.05) is 11.8 Å². The number of fused-ring (bicyclic) bond motifs is 2. The monoisotopic (exact) mass is 420 g/mol. The molecule has 2 aromatic heterocycles. The molecule has 0 fully saturated rings. The fourth-order valence-corrected chi connectivity index (χ4v) is 3.47. The van der Waals surface area contributed by atoms with Gasteiger partial charge in [-0.1, -0.05) is 72.7 Å². The first kappa shape index (κ1) is 23.1. The summed E-state index contributed by atoms with van der Waals surface area (Å²) in [5.74, 6) is 0.851. The number of benzene rings is 2. The van der Waals surface area contributed by atoms with Crippen molar-refractivity contribution >= 4 is 22.1 Å². The van der Waals surface area contributed by atoms with Gasteiger partial charge in [-0.15, -0.1) is 0 Å². The minimum Gasteiger partial charge on any atom is -0.441 e. The van der Waals surface area contributed by atoms with Gasteiger partial charge in [-0.05, 0) is 59.1 Å². The molecule has 0 aliphatic carbocycles. The quantitative estimate of drug-likeness (QED) is 0.340. The zero-order chi connectivity index (χ0) is 22.8. The van der Waals surface area contributed by atoms with Crippen LogP contribution in [0.3, 0.4) is 0 Å². The van der Waals surface area contributed by atoms with E-state index in [2.05, 4.69) is 102 Å². The highest BCUT2D eigenvalue weighted by Gasteiger charge is 2.17. The number of oxazole rings is 1. The molecule has 0 spiro atoms. The fraction of sp³-hybridized carbons (Fsp3) is 0.481. The van der Waals surface area contributed by atoms with E-state index in [1.807, 2.05) is 0 Å². The van der Waals surface area contributed by atoms with E-state index in [1.54, 1.807) is 0 Å². The lowest BCUT2D eigenvalue weighted by molar-refractivity contribution is 0.446. The second-order valence-electron chi connectivity index (χ2n) is 10.2. The van der Waals surface area contributed by atoms with Crippen molar-refractivity contribution in [2.24, 2.45) is 0 Å². The number of aryl methyl sites for hydroxylation is 2. The molecule has 4 nitrogen and oxygen atoms in total. The molecule has 0 saturated heterocycles. The van der Waals surface area contributed by atoms with E-state index in [9.17, 15) is 0 Å². The summed E-state index contributed by atoms with van der Waals surface area (Å²) in [6, 6.07) is 12.7. The van der Waals surface area contributed by atoms with Gasteiger partial charge in [-0.3, -0.25) is 0 Å². The summed E-state index contributed by atoms with van der Waals surface area (Å²) in [7, 11) is 0. The molecule has 0 unspecified atom stereocenters. The first-order chi connectivity index (χ1) is 14.5. The molecule has 0 saturated carbocycles. The van der Waals surface area contributed by atoms with Crippen molar-refractivity contribution in [3.05, 3.63) is 59.1 Å². The van der Waals surface area contributed by atoms with E-state index in [4.69, 9.17) is 8.94 Å². The second-order valence-corrected chi connectivity index (χ2v) is 10.2. The summed E-state index contributed by atoms with van der Waals surface area (Å²) in [6.07, 6.45) is 2.90. The van der Waals surface area contributed by atoms with Crippen molar-refractivity contribution in [2.45, 2.75) is 85.5 Å². The molecule has 0 bridgehead atoms. The number of hydrogen-bond acceptors (Lipinski definition) is 4. The Morgan fingerprint density at radius 2 is 1.42 bits per heavy atom. The molecule has 0 N–H and O–H groups in total. The number of rotatable bonds is 3. The largest absolute Gasteiger partial charge is 0.441 e. The van der Waals surface area contributed by atoms with Crippen LogP contribution >= 0.6 is 0 Å². The fourth-order valence-electron chi connectivity index (χ4n) is 3.47. The lowest BCUT2D eigenvalue weighted by Crippen LogP contribution is -2.10. The third-order valence-corrected chi connectivity index (χ3v) is 5.51. The highest BCUT2D eigenvalue weighted by atomic mass is 16.5. The van der Waals surface area contributed by atoms with Gasteiger partial charge in [0.05, 0.1) is 5.69 Å². The third-order valence-electron chi connectivity index (χ3n) is 5.51. The first-order valence-corrected chi connectivity index (χ1v) is 11.3. The van der Waals surface area contributed by atoms with Crippen LogP contribution in [0.25, 0.3) is 22.1 Å². The van der Waals surface area contributed by atoms with E-state index < -0.39 is 0 Å². The minimum absolute atomic E-state index is 0.159. The van der Waals surface area contributed by atoms with Crippen molar-refractivity contribution in [3.8, 4) is 0 Å². The molecule has 0 atom stereocenters.